The molecule has 0 saturated heterocycles. The van der Waals surface area contributed by atoms with Crippen LogP contribution < -0.4 is 0 Å². The molecule has 0 radical (unpaired) electrons. The Morgan fingerprint density at radius 2 is 0.950 bits per heavy atom. The van der Waals surface area contributed by atoms with E-state index in [0.29, 0.717) is 11.4 Å². The van der Waals surface area contributed by atoms with Crippen molar-refractivity contribution < 1.29 is 9.59 Å². The predicted octanol–water partition coefficient (Wildman–Crippen LogP) is 3.02. The molecule has 0 atom stereocenters. The maximum Gasteiger partial charge on any atom is 0.240 e. The predicted molar refractivity (Wildman–Crippen MR) is 74.4 cm³/mol. The lowest BCUT2D eigenvalue weighted by Gasteiger charge is -1.93. The molecule has 0 aliphatic carbocycles. The first-order valence-electron chi connectivity index (χ1n) is 5.70. The van der Waals surface area contributed by atoms with E-state index in [1.807, 2.05) is 0 Å². The van der Waals surface area contributed by atoms with Gasteiger partial charge in [-0.1, -0.05) is 11.8 Å². The first-order valence-corrected chi connectivity index (χ1v) is 5.70. The van der Waals surface area contributed by atoms with Gasteiger partial charge in [0.25, 0.3) is 0 Å². The molecule has 2 aromatic carbocycles. The van der Waals surface area contributed by atoms with Crippen LogP contribution in [0.1, 0.15) is 11.1 Å². The van der Waals surface area contributed by atoms with Crippen molar-refractivity contribution in [1.82, 2.24) is 0 Å². The third-order valence-corrected chi connectivity index (χ3v) is 2.44. The standard InChI is InChI=1S/C16H8N2O2/c19-11-17-15-7-3-13(4-8-15)1-2-14-5-9-16(10-6-14)18-12-20/h3-10H. The second kappa shape index (κ2) is 6.63. The average Bonchev–Trinajstić information content (AvgIpc) is 2.49. The van der Waals surface area contributed by atoms with Crippen LogP contribution in [-0.2, 0) is 9.59 Å². The molecule has 0 aromatic heterocycles. The third kappa shape index (κ3) is 3.63. The maximum atomic E-state index is 10.1. The molecular weight excluding hydrogens is 252 g/mol. The highest BCUT2D eigenvalue weighted by molar-refractivity contribution is 5.54. The Bertz CT molecular complexity index is 687. The molecular formula is C16H8N2O2. The van der Waals surface area contributed by atoms with E-state index in [-0.39, 0.29) is 0 Å². The highest BCUT2D eigenvalue weighted by atomic mass is 16.1. The summed E-state index contributed by atoms with van der Waals surface area (Å²) >= 11 is 0. The lowest BCUT2D eigenvalue weighted by Crippen LogP contribution is -1.75. The molecule has 20 heavy (non-hydrogen) atoms. The normalized spacial score (nSPS) is 8.60. The molecule has 0 bridgehead atoms. The molecule has 0 unspecified atom stereocenters. The molecule has 0 saturated carbocycles. The molecule has 4 heteroatoms. The number of hydrogen-bond acceptors (Lipinski definition) is 4. The Labute approximate surface area is 115 Å². The highest BCUT2D eigenvalue weighted by Crippen LogP contribution is 2.13. The molecule has 0 aliphatic heterocycles. The lowest BCUT2D eigenvalue weighted by atomic mass is 10.1. The molecule has 2 aromatic rings. The van der Waals surface area contributed by atoms with Crippen molar-refractivity contribution in [2.24, 2.45) is 9.98 Å². The molecule has 0 N–H and O–H groups in total. The van der Waals surface area contributed by atoms with Gasteiger partial charge in [0, 0.05) is 11.1 Å². The van der Waals surface area contributed by atoms with E-state index in [4.69, 9.17) is 0 Å². The van der Waals surface area contributed by atoms with Gasteiger partial charge >= 0.3 is 0 Å². The van der Waals surface area contributed by atoms with Crippen LogP contribution >= 0.6 is 0 Å². The molecule has 4 nitrogen and oxygen atoms in total. The van der Waals surface area contributed by atoms with Crippen molar-refractivity contribution in [2.75, 3.05) is 0 Å². The van der Waals surface area contributed by atoms with Crippen LogP contribution in [0.2, 0.25) is 0 Å². The summed E-state index contributed by atoms with van der Waals surface area (Å²) in [5, 5.41) is 0. The fraction of sp³-hybridized carbons (Fsp3) is 0. The minimum absolute atomic E-state index is 0.543. The van der Waals surface area contributed by atoms with Crippen molar-refractivity contribution >= 4 is 23.5 Å². The first kappa shape index (κ1) is 13.2. The zero-order chi connectivity index (χ0) is 14.2. The molecule has 0 amide bonds. The van der Waals surface area contributed by atoms with Crippen LogP contribution in [0.25, 0.3) is 0 Å². The molecule has 2 rings (SSSR count). The van der Waals surface area contributed by atoms with Crippen molar-refractivity contribution in [3.05, 3.63) is 59.7 Å². The second-order valence-corrected chi connectivity index (χ2v) is 3.75. The maximum absolute atomic E-state index is 10.1. The van der Waals surface area contributed by atoms with Gasteiger partial charge in [-0.15, -0.1) is 0 Å². The van der Waals surface area contributed by atoms with Gasteiger partial charge in [0.2, 0.25) is 12.2 Å². The number of isocyanates is 2. The van der Waals surface area contributed by atoms with Gasteiger partial charge in [-0.25, -0.2) is 9.59 Å². The molecule has 0 fully saturated rings. The van der Waals surface area contributed by atoms with E-state index >= 15 is 0 Å². The summed E-state index contributed by atoms with van der Waals surface area (Å²) in [6, 6.07) is 13.9. The van der Waals surface area contributed by atoms with E-state index < -0.39 is 0 Å². The third-order valence-electron chi connectivity index (χ3n) is 2.44. The summed E-state index contributed by atoms with van der Waals surface area (Å²) in [4.78, 5) is 27.2. The minimum Gasteiger partial charge on any atom is -0.211 e. The van der Waals surface area contributed by atoms with E-state index in [9.17, 15) is 9.59 Å². The van der Waals surface area contributed by atoms with Gasteiger partial charge in [-0.2, -0.15) is 9.98 Å². The van der Waals surface area contributed by atoms with Gasteiger partial charge in [0.1, 0.15) is 0 Å². The SMILES string of the molecule is O=C=Nc1ccc(C#Cc2ccc(N=C=O)cc2)cc1. The number of aliphatic imine (C=N–C) groups is 2. The van der Waals surface area contributed by atoms with Gasteiger partial charge in [0.15, 0.2) is 0 Å². The Kier molecular flexibility index (Phi) is 4.37. The lowest BCUT2D eigenvalue weighted by molar-refractivity contribution is 0.564. The van der Waals surface area contributed by atoms with E-state index in [2.05, 4.69) is 21.8 Å². The number of nitrogens with zero attached hydrogens (tertiary/aromatic N) is 2. The van der Waals surface area contributed by atoms with E-state index in [0.717, 1.165) is 11.1 Å². The Morgan fingerprint density at radius 3 is 1.25 bits per heavy atom. The van der Waals surface area contributed by atoms with E-state index in [1.165, 1.54) is 12.2 Å². The van der Waals surface area contributed by atoms with Crippen molar-refractivity contribution in [3.63, 3.8) is 0 Å². The van der Waals surface area contributed by atoms with Crippen molar-refractivity contribution in [2.45, 2.75) is 0 Å². The first-order chi connectivity index (χ1) is 9.81. The quantitative estimate of drug-likeness (QED) is 0.473. The summed E-state index contributed by atoms with van der Waals surface area (Å²) in [5.74, 6) is 5.97. The molecule has 0 aliphatic rings. The number of rotatable bonds is 2. The number of carbonyl (C=O) groups excluding carboxylic acids is 2. The molecule has 94 valence electrons. The van der Waals surface area contributed by atoms with Crippen molar-refractivity contribution in [1.29, 1.82) is 0 Å². The van der Waals surface area contributed by atoms with Crippen LogP contribution in [0.15, 0.2) is 58.5 Å². The fourth-order valence-corrected chi connectivity index (χ4v) is 1.49. The second-order valence-electron chi connectivity index (χ2n) is 3.75. The number of benzene rings is 2. The van der Waals surface area contributed by atoms with Crippen LogP contribution in [0, 0.1) is 11.8 Å². The van der Waals surface area contributed by atoms with Crippen LogP contribution in [0.5, 0.6) is 0 Å². The Morgan fingerprint density at radius 1 is 0.600 bits per heavy atom. The molecule has 0 spiro atoms. The zero-order valence-corrected chi connectivity index (χ0v) is 10.3. The summed E-state index contributed by atoms with van der Waals surface area (Å²) in [5.41, 5.74) is 2.71. The van der Waals surface area contributed by atoms with Crippen LogP contribution in [0.4, 0.5) is 11.4 Å². The summed E-state index contributed by atoms with van der Waals surface area (Å²) in [7, 11) is 0. The summed E-state index contributed by atoms with van der Waals surface area (Å²) in [6.45, 7) is 0. The largest absolute Gasteiger partial charge is 0.240 e. The average molecular weight is 260 g/mol. The molecule has 0 heterocycles. The highest BCUT2D eigenvalue weighted by Gasteiger charge is 1.91. The van der Waals surface area contributed by atoms with Gasteiger partial charge in [-0.3, -0.25) is 0 Å². The van der Waals surface area contributed by atoms with Crippen molar-refractivity contribution in [3.8, 4) is 11.8 Å². The minimum atomic E-state index is 0.543. The van der Waals surface area contributed by atoms with Gasteiger partial charge < -0.3 is 0 Å². The van der Waals surface area contributed by atoms with Crippen LogP contribution in [0.3, 0.4) is 0 Å². The summed E-state index contributed by atoms with van der Waals surface area (Å²) in [6.07, 6.45) is 2.96. The smallest absolute Gasteiger partial charge is 0.211 e. The monoisotopic (exact) mass is 260 g/mol. The number of hydrogen-bond donors (Lipinski definition) is 0. The van der Waals surface area contributed by atoms with Gasteiger partial charge in [-0.05, 0) is 48.5 Å². The fourth-order valence-electron chi connectivity index (χ4n) is 1.49. The zero-order valence-electron chi connectivity index (χ0n) is 10.3. The van der Waals surface area contributed by atoms with Gasteiger partial charge in [0.05, 0.1) is 11.4 Å². The van der Waals surface area contributed by atoms with E-state index in [1.54, 1.807) is 48.5 Å². The topological polar surface area (TPSA) is 58.9 Å². The summed E-state index contributed by atoms with van der Waals surface area (Å²) < 4.78 is 0. The Balaban J connectivity index is 2.17. The Hall–Kier alpha value is -3.24. The van der Waals surface area contributed by atoms with Crippen LogP contribution in [-0.4, -0.2) is 12.2 Å².